The number of alkyl carbamates (subject to hydrolysis) is 1. The number of thiophene rings is 1. The van der Waals surface area contributed by atoms with Gasteiger partial charge in [-0.2, -0.15) is 0 Å². The molecular formula is C31H42N4O5S. The zero-order valence-corrected chi connectivity index (χ0v) is 26.2. The lowest BCUT2D eigenvalue weighted by Gasteiger charge is -2.23. The van der Waals surface area contributed by atoms with Crippen LogP contribution in [-0.2, 0) is 14.3 Å². The van der Waals surface area contributed by atoms with E-state index in [0.29, 0.717) is 35.9 Å². The number of rotatable bonds is 7. The first-order chi connectivity index (χ1) is 19.2. The van der Waals surface area contributed by atoms with Crippen molar-refractivity contribution in [1.29, 1.82) is 0 Å². The number of nitrogens with one attached hydrogen (secondary N) is 2. The highest BCUT2D eigenvalue weighted by atomic mass is 32.1. The summed E-state index contributed by atoms with van der Waals surface area (Å²) >= 11 is 1.47. The summed E-state index contributed by atoms with van der Waals surface area (Å²) in [7, 11) is 0. The molecule has 0 unspecified atom stereocenters. The van der Waals surface area contributed by atoms with Crippen molar-refractivity contribution in [3.05, 3.63) is 40.8 Å². The third-order valence-corrected chi connectivity index (χ3v) is 6.68. The van der Waals surface area contributed by atoms with Gasteiger partial charge in [-0.25, -0.2) is 14.6 Å². The van der Waals surface area contributed by atoms with Gasteiger partial charge >= 0.3 is 12.2 Å². The molecule has 9 nitrogen and oxygen atoms in total. The molecule has 41 heavy (non-hydrogen) atoms. The third kappa shape index (κ3) is 9.74. The van der Waals surface area contributed by atoms with E-state index in [-0.39, 0.29) is 12.3 Å². The molecule has 0 saturated carbocycles. The summed E-state index contributed by atoms with van der Waals surface area (Å²) in [6.45, 7) is 16.2. The average molecular weight is 583 g/mol. The van der Waals surface area contributed by atoms with Crippen LogP contribution in [0.5, 0.6) is 0 Å². The summed E-state index contributed by atoms with van der Waals surface area (Å²) in [5, 5.41) is 7.38. The van der Waals surface area contributed by atoms with Crippen molar-refractivity contribution >= 4 is 52.7 Å². The number of anilines is 1. The number of hydrogen-bond donors (Lipinski definition) is 2. The molecule has 0 radical (unpaired) electrons. The van der Waals surface area contributed by atoms with Gasteiger partial charge in [0.25, 0.3) is 0 Å². The van der Waals surface area contributed by atoms with E-state index in [2.05, 4.69) is 10.6 Å². The first kappa shape index (κ1) is 31.9. The molecule has 1 aliphatic rings. The van der Waals surface area contributed by atoms with Crippen LogP contribution >= 0.6 is 11.3 Å². The Kier molecular flexibility index (Phi) is 10.4. The summed E-state index contributed by atoms with van der Waals surface area (Å²) in [6.07, 6.45) is 2.57. The van der Waals surface area contributed by atoms with Crippen LogP contribution in [0.25, 0.3) is 16.5 Å². The van der Waals surface area contributed by atoms with Gasteiger partial charge in [0.15, 0.2) is 0 Å². The van der Waals surface area contributed by atoms with E-state index in [9.17, 15) is 14.4 Å². The van der Waals surface area contributed by atoms with Crippen LogP contribution in [-0.4, -0.2) is 53.1 Å². The first-order valence-electron chi connectivity index (χ1n) is 14.0. The molecule has 222 valence electrons. The fraction of sp³-hybridized carbons (Fsp3) is 0.484. The number of nitrogens with zero attached hydrogens (tertiary/aromatic N) is 2. The van der Waals surface area contributed by atoms with E-state index in [1.165, 1.54) is 11.3 Å². The van der Waals surface area contributed by atoms with Gasteiger partial charge in [0.1, 0.15) is 17.0 Å². The molecule has 0 bridgehead atoms. The maximum atomic E-state index is 13.6. The van der Waals surface area contributed by atoms with E-state index in [4.69, 9.17) is 14.5 Å². The quantitative estimate of drug-likeness (QED) is 0.347. The fourth-order valence-electron chi connectivity index (χ4n) is 4.18. The number of amidine groups is 1. The summed E-state index contributed by atoms with van der Waals surface area (Å²) in [5.74, 6) is 0.265. The van der Waals surface area contributed by atoms with Gasteiger partial charge in [-0.1, -0.05) is 26.0 Å². The molecule has 1 aromatic heterocycles. The number of ether oxygens (including phenoxy) is 2. The van der Waals surface area contributed by atoms with Gasteiger partial charge in [-0.15, -0.1) is 11.3 Å². The largest absolute Gasteiger partial charge is 0.444 e. The Morgan fingerprint density at radius 1 is 0.927 bits per heavy atom. The first-order valence-corrected chi connectivity index (χ1v) is 14.9. The molecule has 0 atom stereocenters. The van der Waals surface area contributed by atoms with Crippen molar-refractivity contribution in [1.82, 2.24) is 10.2 Å². The third-order valence-electron chi connectivity index (χ3n) is 5.70. The van der Waals surface area contributed by atoms with Gasteiger partial charge in [0.05, 0.1) is 11.4 Å². The lowest BCUT2D eigenvalue weighted by atomic mass is 10.0. The molecule has 0 spiro atoms. The molecule has 10 heteroatoms. The van der Waals surface area contributed by atoms with Crippen LogP contribution < -0.4 is 10.6 Å². The molecule has 2 N–H and O–H groups in total. The molecule has 0 saturated heterocycles. The Labute approximate surface area is 247 Å². The smallest absolute Gasteiger partial charge is 0.413 e. The average Bonchev–Trinajstić information content (AvgIpc) is 3.21. The Morgan fingerprint density at radius 3 is 2.12 bits per heavy atom. The molecule has 3 rings (SSSR count). The summed E-state index contributed by atoms with van der Waals surface area (Å²) in [6, 6.07) is 7.66. The Balaban J connectivity index is 1.96. The number of fused-ring (bicyclic) bond motifs is 1. The molecule has 2 heterocycles. The zero-order valence-electron chi connectivity index (χ0n) is 25.3. The minimum absolute atomic E-state index is 0.0690. The van der Waals surface area contributed by atoms with Gasteiger partial charge in [-0.05, 0) is 78.2 Å². The second-order valence-corrected chi connectivity index (χ2v) is 12.8. The molecule has 1 aromatic carbocycles. The lowest BCUT2D eigenvalue weighted by molar-refractivity contribution is -0.127. The van der Waals surface area contributed by atoms with E-state index >= 15 is 0 Å². The van der Waals surface area contributed by atoms with E-state index < -0.39 is 23.4 Å². The fourth-order valence-corrected chi connectivity index (χ4v) is 5.02. The predicted octanol–water partition coefficient (Wildman–Crippen LogP) is 7.75. The summed E-state index contributed by atoms with van der Waals surface area (Å²) in [4.78, 5) is 46.0. The molecular weight excluding hydrogens is 540 g/mol. The topological polar surface area (TPSA) is 109 Å². The lowest BCUT2D eigenvalue weighted by Crippen LogP contribution is -2.38. The highest BCUT2D eigenvalue weighted by Gasteiger charge is 2.25. The van der Waals surface area contributed by atoms with Crippen LogP contribution in [0, 0.1) is 0 Å². The minimum atomic E-state index is -0.682. The van der Waals surface area contributed by atoms with Crippen molar-refractivity contribution in [2.45, 2.75) is 85.9 Å². The van der Waals surface area contributed by atoms with Gasteiger partial charge < -0.3 is 14.4 Å². The van der Waals surface area contributed by atoms with E-state index in [0.717, 1.165) is 28.8 Å². The van der Waals surface area contributed by atoms with Crippen LogP contribution in [0.15, 0.2) is 40.2 Å². The van der Waals surface area contributed by atoms with Gasteiger partial charge in [0.2, 0.25) is 5.91 Å². The number of carbonyl (C=O) groups excluding carboxylic acids is 3. The number of benzene rings is 1. The predicted molar refractivity (Wildman–Crippen MR) is 166 cm³/mol. The van der Waals surface area contributed by atoms with Crippen LogP contribution in [0.3, 0.4) is 0 Å². The van der Waals surface area contributed by atoms with Crippen molar-refractivity contribution in [3.8, 4) is 10.4 Å². The Hall–Kier alpha value is -3.66. The number of amides is 3. The monoisotopic (exact) mass is 582 g/mol. The zero-order chi connectivity index (χ0) is 30.4. The van der Waals surface area contributed by atoms with E-state index in [1.54, 1.807) is 20.8 Å². The van der Waals surface area contributed by atoms with Crippen LogP contribution in [0.1, 0.15) is 80.2 Å². The molecule has 0 fully saturated rings. The normalized spacial score (nSPS) is 13.3. The van der Waals surface area contributed by atoms with Crippen LogP contribution in [0.2, 0.25) is 0 Å². The van der Waals surface area contributed by atoms with Crippen molar-refractivity contribution in [3.63, 3.8) is 0 Å². The van der Waals surface area contributed by atoms with Crippen LogP contribution in [0.4, 0.5) is 21.0 Å². The highest BCUT2D eigenvalue weighted by molar-refractivity contribution is 7.14. The number of carbonyl (C=O) groups is 3. The van der Waals surface area contributed by atoms with Crippen molar-refractivity contribution < 1.29 is 23.9 Å². The highest BCUT2D eigenvalue weighted by Crippen LogP contribution is 2.36. The molecule has 1 aliphatic heterocycles. The SMILES string of the molecule is CCCN(CCC)C(=O)C1=Cc2ccc(-c3cc(NC(=O)OC(C)(C)C)cs3)cc2N=C(NC(=O)OC(C)(C)C)C1. The molecule has 3 amide bonds. The minimum Gasteiger partial charge on any atom is -0.444 e. The second kappa shape index (κ2) is 13.3. The molecule has 2 aromatic rings. The van der Waals surface area contributed by atoms with E-state index in [1.807, 2.05) is 75.2 Å². The Bertz CT molecular complexity index is 1320. The van der Waals surface area contributed by atoms with Crippen molar-refractivity contribution in [2.75, 3.05) is 18.4 Å². The maximum absolute atomic E-state index is 13.6. The van der Waals surface area contributed by atoms with Gasteiger partial charge in [-0.3, -0.25) is 15.4 Å². The standard InChI is InChI=1S/C31H42N4O5S/c1-9-13-35(14-10-2)27(36)22-15-20-11-12-21(25-18-23(19-41-25)32-28(37)39-30(3,4)5)16-24(20)33-26(17-22)34-29(38)40-31(6,7)8/h11-12,15-16,18-19H,9-10,13-14,17H2,1-8H3,(H,32,37)(H,33,34,38). The summed E-state index contributed by atoms with van der Waals surface area (Å²) in [5.41, 5.74) is 2.17. The maximum Gasteiger partial charge on any atom is 0.413 e. The molecule has 0 aliphatic carbocycles. The van der Waals surface area contributed by atoms with Gasteiger partial charge in [0, 0.05) is 40.9 Å². The second-order valence-electron chi connectivity index (χ2n) is 11.9. The summed E-state index contributed by atoms with van der Waals surface area (Å²) < 4.78 is 10.8. The number of aliphatic imine (C=N–C) groups is 1. The van der Waals surface area contributed by atoms with Crippen molar-refractivity contribution in [2.24, 2.45) is 4.99 Å². The Morgan fingerprint density at radius 2 is 1.54 bits per heavy atom. The number of hydrogen-bond acceptors (Lipinski definition) is 7.